The van der Waals surface area contributed by atoms with E-state index in [2.05, 4.69) is 26.1 Å². The Morgan fingerprint density at radius 2 is 1.79 bits per heavy atom. The van der Waals surface area contributed by atoms with Gasteiger partial charge in [0.05, 0.1) is 6.04 Å². The SMILES string of the molecule is Cc1cc(-c2noc([C@H](N)C(C)C)n2)cc(C)c1Br. The third-order valence-corrected chi connectivity index (χ3v) is 4.39. The molecule has 102 valence electrons. The van der Waals surface area contributed by atoms with E-state index in [4.69, 9.17) is 10.3 Å². The third kappa shape index (κ3) is 2.87. The van der Waals surface area contributed by atoms with E-state index in [1.165, 1.54) is 0 Å². The predicted molar refractivity (Wildman–Crippen MR) is 78.7 cm³/mol. The molecule has 0 aliphatic rings. The molecule has 19 heavy (non-hydrogen) atoms. The lowest BCUT2D eigenvalue weighted by molar-refractivity contribution is 0.325. The second kappa shape index (κ2) is 5.43. The van der Waals surface area contributed by atoms with Crippen LogP contribution in [0.3, 0.4) is 0 Å². The van der Waals surface area contributed by atoms with E-state index in [0.717, 1.165) is 21.2 Å². The van der Waals surface area contributed by atoms with Gasteiger partial charge in [-0.1, -0.05) is 34.9 Å². The van der Waals surface area contributed by atoms with Gasteiger partial charge in [0.2, 0.25) is 11.7 Å². The molecule has 0 aliphatic heterocycles. The molecule has 1 heterocycles. The van der Waals surface area contributed by atoms with Crippen molar-refractivity contribution in [2.24, 2.45) is 11.7 Å². The fourth-order valence-corrected chi connectivity index (χ4v) is 2.08. The van der Waals surface area contributed by atoms with Gasteiger partial charge in [-0.3, -0.25) is 0 Å². The first kappa shape index (κ1) is 14.2. The fraction of sp³-hybridized carbons (Fsp3) is 0.429. The lowest BCUT2D eigenvalue weighted by Crippen LogP contribution is -2.16. The normalized spacial score (nSPS) is 13.0. The van der Waals surface area contributed by atoms with Gasteiger partial charge in [0.15, 0.2) is 0 Å². The van der Waals surface area contributed by atoms with Crippen molar-refractivity contribution in [1.82, 2.24) is 10.1 Å². The van der Waals surface area contributed by atoms with E-state index in [1.54, 1.807) is 0 Å². The zero-order valence-electron chi connectivity index (χ0n) is 11.6. The lowest BCUT2D eigenvalue weighted by atomic mass is 10.1. The first-order valence-corrected chi connectivity index (χ1v) is 7.05. The summed E-state index contributed by atoms with van der Waals surface area (Å²) in [6.07, 6.45) is 0. The summed E-state index contributed by atoms with van der Waals surface area (Å²) in [7, 11) is 0. The summed E-state index contributed by atoms with van der Waals surface area (Å²) in [6, 6.07) is 3.85. The topological polar surface area (TPSA) is 64.9 Å². The number of rotatable bonds is 3. The molecule has 2 N–H and O–H groups in total. The molecule has 0 saturated heterocycles. The molecule has 0 aliphatic carbocycles. The van der Waals surface area contributed by atoms with Gasteiger partial charge in [-0.05, 0) is 43.0 Å². The van der Waals surface area contributed by atoms with Crippen molar-refractivity contribution in [3.63, 3.8) is 0 Å². The number of hydrogen-bond acceptors (Lipinski definition) is 4. The number of aryl methyl sites for hydroxylation is 2. The molecule has 1 atom stereocenters. The summed E-state index contributed by atoms with van der Waals surface area (Å²) in [5.74, 6) is 1.34. The molecule has 2 rings (SSSR count). The van der Waals surface area contributed by atoms with Crippen molar-refractivity contribution in [1.29, 1.82) is 0 Å². The molecule has 0 saturated carbocycles. The Labute approximate surface area is 121 Å². The van der Waals surface area contributed by atoms with Crippen molar-refractivity contribution in [3.05, 3.63) is 33.6 Å². The maximum absolute atomic E-state index is 6.01. The number of nitrogens with two attached hydrogens (primary N) is 1. The van der Waals surface area contributed by atoms with E-state index >= 15 is 0 Å². The molecule has 1 aromatic heterocycles. The number of benzene rings is 1. The predicted octanol–water partition coefficient (Wildman–Crippen LogP) is 3.77. The molecule has 5 heteroatoms. The highest BCUT2D eigenvalue weighted by Gasteiger charge is 2.19. The van der Waals surface area contributed by atoms with E-state index in [-0.39, 0.29) is 12.0 Å². The molecule has 0 fully saturated rings. The smallest absolute Gasteiger partial charge is 0.244 e. The van der Waals surface area contributed by atoms with Crippen LogP contribution in [0.2, 0.25) is 0 Å². The molecule has 0 radical (unpaired) electrons. The lowest BCUT2D eigenvalue weighted by Gasteiger charge is -2.09. The maximum Gasteiger partial charge on any atom is 0.244 e. The quantitative estimate of drug-likeness (QED) is 0.933. The minimum Gasteiger partial charge on any atom is -0.337 e. The minimum absolute atomic E-state index is 0.223. The van der Waals surface area contributed by atoms with Gasteiger partial charge in [0.25, 0.3) is 0 Å². The molecule has 0 spiro atoms. The number of hydrogen-bond donors (Lipinski definition) is 1. The number of aromatic nitrogens is 2. The van der Waals surface area contributed by atoms with Gasteiger partial charge >= 0.3 is 0 Å². The van der Waals surface area contributed by atoms with Crippen LogP contribution in [0.1, 0.15) is 36.9 Å². The summed E-state index contributed by atoms with van der Waals surface area (Å²) in [4.78, 5) is 4.40. The van der Waals surface area contributed by atoms with Gasteiger partial charge in [-0.25, -0.2) is 0 Å². The first-order chi connectivity index (χ1) is 8.90. The molecule has 0 bridgehead atoms. The van der Waals surface area contributed by atoms with Gasteiger partial charge in [0.1, 0.15) is 0 Å². The maximum atomic E-state index is 6.01. The van der Waals surface area contributed by atoms with Crippen LogP contribution in [-0.2, 0) is 0 Å². The van der Waals surface area contributed by atoms with Crippen LogP contribution in [-0.4, -0.2) is 10.1 Å². The van der Waals surface area contributed by atoms with E-state index in [1.807, 2.05) is 39.8 Å². The Morgan fingerprint density at radius 1 is 1.21 bits per heavy atom. The zero-order valence-corrected chi connectivity index (χ0v) is 13.2. The molecular formula is C14H18BrN3O. The minimum atomic E-state index is -0.223. The van der Waals surface area contributed by atoms with Crippen LogP contribution >= 0.6 is 15.9 Å². The molecular weight excluding hydrogens is 306 g/mol. The molecule has 2 aromatic rings. The van der Waals surface area contributed by atoms with Gasteiger partial charge < -0.3 is 10.3 Å². The van der Waals surface area contributed by atoms with E-state index < -0.39 is 0 Å². The van der Waals surface area contributed by atoms with E-state index in [9.17, 15) is 0 Å². The number of halogens is 1. The van der Waals surface area contributed by atoms with Crippen molar-refractivity contribution in [3.8, 4) is 11.4 Å². The summed E-state index contributed by atoms with van der Waals surface area (Å²) < 4.78 is 6.36. The van der Waals surface area contributed by atoms with Gasteiger partial charge in [0, 0.05) is 10.0 Å². The summed E-state index contributed by atoms with van der Waals surface area (Å²) >= 11 is 3.55. The standard InChI is InChI=1S/C14H18BrN3O/c1-7(2)12(16)14-17-13(18-19-14)10-5-8(3)11(15)9(4)6-10/h5-7,12H,16H2,1-4H3/t12-/m1/s1. The van der Waals surface area contributed by atoms with Crippen molar-refractivity contribution >= 4 is 15.9 Å². The average Bonchev–Trinajstić information content (AvgIpc) is 2.83. The monoisotopic (exact) mass is 323 g/mol. The highest BCUT2D eigenvalue weighted by atomic mass is 79.9. The highest BCUT2D eigenvalue weighted by Crippen LogP contribution is 2.28. The second-order valence-electron chi connectivity index (χ2n) is 5.15. The second-order valence-corrected chi connectivity index (χ2v) is 5.94. The Kier molecular flexibility index (Phi) is 4.06. The first-order valence-electron chi connectivity index (χ1n) is 6.26. The van der Waals surface area contributed by atoms with Crippen molar-refractivity contribution < 1.29 is 4.52 Å². The van der Waals surface area contributed by atoms with Crippen LogP contribution in [0, 0.1) is 19.8 Å². The Bertz CT molecular complexity index is 569. The Hall–Kier alpha value is -1.20. The van der Waals surface area contributed by atoms with Crippen molar-refractivity contribution in [2.45, 2.75) is 33.7 Å². The summed E-state index contributed by atoms with van der Waals surface area (Å²) in [5.41, 5.74) is 9.25. The fourth-order valence-electron chi connectivity index (χ4n) is 1.85. The molecule has 4 nitrogen and oxygen atoms in total. The summed E-state index contributed by atoms with van der Waals surface area (Å²) in [6.45, 7) is 8.15. The van der Waals surface area contributed by atoms with Crippen LogP contribution in [0.15, 0.2) is 21.1 Å². The Balaban J connectivity index is 2.38. The third-order valence-electron chi connectivity index (χ3n) is 3.14. The highest BCUT2D eigenvalue weighted by molar-refractivity contribution is 9.10. The van der Waals surface area contributed by atoms with Crippen LogP contribution < -0.4 is 5.73 Å². The molecule has 1 aromatic carbocycles. The average molecular weight is 324 g/mol. The largest absolute Gasteiger partial charge is 0.337 e. The summed E-state index contributed by atoms with van der Waals surface area (Å²) in [5, 5.41) is 4.02. The van der Waals surface area contributed by atoms with Gasteiger partial charge in [-0.15, -0.1) is 0 Å². The van der Waals surface area contributed by atoms with Gasteiger partial charge in [-0.2, -0.15) is 4.98 Å². The number of nitrogens with zero attached hydrogens (tertiary/aromatic N) is 2. The van der Waals surface area contributed by atoms with E-state index in [0.29, 0.717) is 11.7 Å². The van der Waals surface area contributed by atoms with Crippen LogP contribution in [0.5, 0.6) is 0 Å². The molecule has 0 unspecified atom stereocenters. The van der Waals surface area contributed by atoms with Crippen LogP contribution in [0.4, 0.5) is 0 Å². The Morgan fingerprint density at radius 3 is 2.32 bits per heavy atom. The molecule has 0 amide bonds. The van der Waals surface area contributed by atoms with Crippen molar-refractivity contribution in [2.75, 3.05) is 0 Å². The zero-order chi connectivity index (χ0) is 14.2. The van der Waals surface area contributed by atoms with Crippen LogP contribution in [0.25, 0.3) is 11.4 Å².